The lowest BCUT2D eigenvalue weighted by molar-refractivity contribution is -0.142. The van der Waals surface area contributed by atoms with Crippen LogP contribution in [0.25, 0.3) is 0 Å². The molecule has 0 bridgehead atoms. The molecule has 0 spiro atoms. The Balaban J connectivity index is 1.76. The Morgan fingerprint density at radius 3 is 1.64 bits per heavy atom. The van der Waals surface area contributed by atoms with E-state index in [1.54, 1.807) is 93.0 Å². The van der Waals surface area contributed by atoms with E-state index in [9.17, 15) is 9.90 Å². The number of hydrogen-bond acceptors (Lipinski definition) is 5. The van der Waals surface area contributed by atoms with Gasteiger partial charge in [0.15, 0.2) is 17.1 Å². The summed E-state index contributed by atoms with van der Waals surface area (Å²) in [6.07, 6.45) is 0. The first-order chi connectivity index (χ1) is 18.7. The number of amides is 1. The minimum atomic E-state index is -2.05. The molecule has 4 aromatic carbocycles. The first kappa shape index (κ1) is 28.7. The van der Waals surface area contributed by atoms with E-state index in [-0.39, 0.29) is 0 Å². The van der Waals surface area contributed by atoms with E-state index in [0.717, 1.165) is 11.1 Å². The normalized spacial score (nSPS) is 12.2. The molecule has 1 amide bonds. The lowest BCUT2D eigenvalue weighted by Gasteiger charge is -2.34. The standard InChI is InChI=1S/C30H27Cl3N2O4/c1-35(28(19-4-11-23(31)12-5-19)20-6-17-26(38-2)27(18-20)39-3)34-29(36)30(37,21-7-13-24(32)14-8-21)22-9-15-25(33)16-10-22/h4-18,28,37H,1-3H3,(H,34,36). The van der Waals surface area contributed by atoms with Crippen molar-refractivity contribution in [3.05, 3.63) is 128 Å². The van der Waals surface area contributed by atoms with Crippen LogP contribution in [0, 0.1) is 0 Å². The number of benzene rings is 4. The molecule has 1 atom stereocenters. The number of nitrogens with zero attached hydrogens (tertiary/aromatic N) is 1. The zero-order valence-corrected chi connectivity index (χ0v) is 23.8. The van der Waals surface area contributed by atoms with Crippen molar-refractivity contribution in [3.63, 3.8) is 0 Å². The van der Waals surface area contributed by atoms with Crippen molar-refractivity contribution in [3.8, 4) is 11.5 Å². The molecule has 0 aliphatic heterocycles. The van der Waals surface area contributed by atoms with Gasteiger partial charge in [-0.2, -0.15) is 0 Å². The highest BCUT2D eigenvalue weighted by Gasteiger charge is 2.41. The van der Waals surface area contributed by atoms with Gasteiger partial charge >= 0.3 is 0 Å². The molecular formula is C30H27Cl3N2O4. The predicted octanol–water partition coefficient (Wildman–Crippen LogP) is 6.65. The van der Waals surface area contributed by atoms with Crippen LogP contribution < -0.4 is 14.9 Å². The van der Waals surface area contributed by atoms with E-state index < -0.39 is 17.6 Å². The molecular weight excluding hydrogens is 559 g/mol. The maximum atomic E-state index is 14.0. The third-order valence-corrected chi connectivity index (χ3v) is 7.18. The van der Waals surface area contributed by atoms with E-state index >= 15 is 0 Å². The number of carbonyl (C=O) groups excluding carboxylic acids is 1. The predicted molar refractivity (Wildman–Crippen MR) is 155 cm³/mol. The van der Waals surface area contributed by atoms with Crippen LogP contribution in [0.1, 0.15) is 28.3 Å². The van der Waals surface area contributed by atoms with Crippen LogP contribution in [0.15, 0.2) is 91.0 Å². The zero-order chi connectivity index (χ0) is 28.2. The average molecular weight is 586 g/mol. The number of rotatable bonds is 9. The third-order valence-electron chi connectivity index (χ3n) is 6.43. The quantitative estimate of drug-likeness (QED) is 0.215. The van der Waals surface area contributed by atoms with Crippen molar-refractivity contribution in [1.29, 1.82) is 0 Å². The molecule has 0 aliphatic rings. The van der Waals surface area contributed by atoms with Crippen LogP contribution in [0.3, 0.4) is 0 Å². The first-order valence-electron chi connectivity index (χ1n) is 11.9. The maximum Gasteiger partial charge on any atom is 0.275 e. The molecule has 9 heteroatoms. The van der Waals surface area contributed by atoms with Crippen LogP contribution in [0.5, 0.6) is 11.5 Å². The number of nitrogens with one attached hydrogen (secondary N) is 1. The molecule has 1 unspecified atom stereocenters. The lowest BCUT2D eigenvalue weighted by Crippen LogP contribution is -2.52. The van der Waals surface area contributed by atoms with Gasteiger partial charge in [0.05, 0.1) is 20.3 Å². The summed E-state index contributed by atoms with van der Waals surface area (Å²) in [4.78, 5) is 14.0. The number of methoxy groups -OCH3 is 2. The highest BCUT2D eigenvalue weighted by Crippen LogP contribution is 2.36. The van der Waals surface area contributed by atoms with Crippen molar-refractivity contribution in [2.45, 2.75) is 11.6 Å². The van der Waals surface area contributed by atoms with E-state index in [0.29, 0.717) is 37.7 Å². The molecule has 202 valence electrons. The highest BCUT2D eigenvalue weighted by molar-refractivity contribution is 6.31. The summed E-state index contributed by atoms with van der Waals surface area (Å²) in [6, 6.07) is 25.3. The minimum Gasteiger partial charge on any atom is -0.493 e. The fourth-order valence-electron chi connectivity index (χ4n) is 4.42. The fraction of sp³-hybridized carbons (Fsp3) is 0.167. The van der Waals surface area contributed by atoms with Crippen molar-refractivity contribution >= 4 is 40.7 Å². The maximum absolute atomic E-state index is 14.0. The van der Waals surface area contributed by atoms with E-state index in [1.165, 1.54) is 0 Å². The van der Waals surface area contributed by atoms with Gasteiger partial charge in [0, 0.05) is 22.1 Å². The van der Waals surface area contributed by atoms with Gasteiger partial charge in [0.25, 0.3) is 5.91 Å². The number of hydrogen-bond donors (Lipinski definition) is 2. The van der Waals surface area contributed by atoms with Crippen LogP contribution in [0.4, 0.5) is 0 Å². The smallest absolute Gasteiger partial charge is 0.275 e. The first-order valence-corrected chi connectivity index (χ1v) is 13.1. The summed E-state index contributed by atoms with van der Waals surface area (Å²) in [5, 5.41) is 15.1. The van der Waals surface area contributed by atoms with Gasteiger partial charge < -0.3 is 14.6 Å². The molecule has 4 aromatic rings. The minimum absolute atomic E-state index is 0.342. The Morgan fingerprint density at radius 1 is 0.744 bits per heavy atom. The molecule has 0 saturated carbocycles. The molecule has 39 heavy (non-hydrogen) atoms. The molecule has 0 aliphatic carbocycles. The molecule has 0 radical (unpaired) electrons. The van der Waals surface area contributed by atoms with Crippen molar-refractivity contribution in [1.82, 2.24) is 10.4 Å². The molecule has 2 N–H and O–H groups in total. The summed E-state index contributed by atoms with van der Waals surface area (Å²) in [5.41, 5.74) is 3.18. The van der Waals surface area contributed by atoms with Crippen LogP contribution in [-0.4, -0.2) is 37.3 Å². The lowest BCUT2D eigenvalue weighted by atomic mass is 9.85. The average Bonchev–Trinajstić information content (AvgIpc) is 2.94. The third kappa shape index (κ3) is 6.16. The fourth-order valence-corrected chi connectivity index (χ4v) is 4.80. The van der Waals surface area contributed by atoms with Crippen LogP contribution in [-0.2, 0) is 10.4 Å². The van der Waals surface area contributed by atoms with E-state index in [2.05, 4.69) is 5.43 Å². The number of aliphatic hydroxyl groups is 1. The summed E-state index contributed by atoms with van der Waals surface area (Å²) in [5.74, 6) is 0.434. The SMILES string of the molecule is COc1ccc(C(c2ccc(Cl)cc2)N(C)NC(=O)C(O)(c2ccc(Cl)cc2)c2ccc(Cl)cc2)cc1OC. The molecule has 0 heterocycles. The van der Waals surface area contributed by atoms with Gasteiger partial charge in [-0.25, -0.2) is 5.01 Å². The number of halogens is 3. The molecule has 6 nitrogen and oxygen atoms in total. The van der Waals surface area contributed by atoms with E-state index in [4.69, 9.17) is 44.3 Å². The Labute approximate surface area is 242 Å². The molecule has 0 fully saturated rings. The van der Waals surface area contributed by atoms with Crippen molar-refractivity contribution < 1.29 is 19.4 Å². The number of hydrazine groups is 1. The summed E-state index contributed by atoms with van der Waals surface area (Å²) in [7, 11) is 4.84. The van der Waals surface area contributed by atoms with Gasteiger partial charge in [0.1, 0.15) is 0 Å². The number of ether oxygens (including phenoxy) is 2. The molecule has 4 rings (SSSR count). The second kappa shape index (κ2) is 12.3. The summed E-state index contributed by atoms with van der Waals surface area (Å²) < 4.78 is 10.9. The van der Waals surface area contributed by atoms with Gasteiger partial charge in [-0.15, -0.1) is 0 Å². The zero-order valence-electron chi connectivity index (χ0n) is 21.5. The second-order valence-electron chi connectivity index (χ2n) is 8.84. The molecule has 0 aromatic heterocycles. The topological polar surface area (TPSA) is 71.0 Å². The summed E-state index contributed by atoms with van der Waals surface area (Å²) in [6.45, 7) is 0. The Kier molecular flexibility index (Phi) is 9.05. The van der Waals surface area contributed by atoms with Gasteiger partial charge in [0.2, 0.25) is 0 Å². The highest BCUT2D eigenvalue weighted by atomic mass is 35.5. The number of carbonyl (C=O) groups is 1. The van der Waals surface area contributed by atoms with Crippen molar-refractivity contribution in [2.24, 2.45) is 0 Å². The Hall–Kier alpha value is -3.26. The van der Waals surface area contributed by atoms with Crippen LogP contribution in [0.2, 0.25) is 15.1 Å². The Morgan fingerprint density at radius 2 is 1.18 bits per heavy atom. The monoisotopic (exact) mass is 584 g/mol. The Bertz CT molecular complexity index is 1380. The van der Waals surface area contributed by atoms with Crippen molar-refractivity contribution in [2.75, 3.05) is 21.3 Å². The molecule has 0 saturated heterocycles. The van der Waals surface area contributed by atoms with E-state index in [1.807, 2.05) is 24.3 Å². The van der Waals surface area contributed by atoms with Gasteiger partial charge in [-0.1, -0.05) is 77.3 Å². The second-order valence-corrected chi connectivity index (χ2v) is 10.2. The summed E-state index contributed by atoms with van der Waals surface area (Å²) >= 11 is 18.3. The van der Waals surface area contributed by atoms with Crippen LogP contribution >= 0.6 is 34.8 Å². The van der Waals surface area contributed by atoms with Gasteiger partial charge in [-0.05, 0) is 70.8 Å². The largest absolute Gasteiger partial charge is 0.493 e. The van der Waals surface area contributed by atoms with Gasteiger partial charge in [-0.3, -0.25) is 10.2 Å².